The van der Waals surface area contributed by atoms with E-state index in [0.717, 1.165) is 34.1 Å². The average Bonchev–Trinajstić information content (AvgIpc) is 3.95. The van der Waals surface area contributed by atoms with Crippen molar-refractivity contribution in [2.75, 3.05) is 0 Å². The molecule has 6 heteroatoms. The van der Waals surface area contributed by atoms with Crippen LogP contribution in [-0.2, 0) is 5.41 Å². The summed E-state index contributed by atoms with van der Waals surface area (Å²) in [6.45, 7) is 0. The van der Waals surface area contributed by atoms with Crippen LogP contribution in [0.4, 0.5) is 0 Å². The average molecular weight is 724 g/mol. The van der Waals surface area contributed by atoms with Gasteiger partial charge in [-0.15, -0.1) is 11.3 Å². The number of fused-ring (bicyclic) bond motifs is 11. The van der Waals surface area contributed by atoms with E-state index in [-0.39, 0.29) is 5.41 Å². The number of hydrogen-bond donors (Lipinski definition) is 0. The fourth-order valence-corrected chi connectivity index (χ4v) is 13.6. The highest BCUT2D eigenvalue weighted by atomic mass is 32.1. The SMILES string of the molecule is N#Cc1cc2c(cn1)C1(c3ccc(-c4nc(-c5ccccc5)nc(-c5cccc(-c6ccc7c(c6)sc6ccccc67)c5)n4)cc3-2)C2CC3CC4CC1C34C2. The summed E-state index contributed by atoms with van der Waals surface area (Å²) in [4.78, 5) is 20.2. The van der Waals surface area contributed by atoms with Crippen molar-refractivity contribution in [2.24, 2.45) is 29.1 Å². The first-order chi connectivity index (χ1) is 27.1. The zero-order chi connectivity index (χ0) is 36.0. The minimum absolute atomic E-state index is 0.00362. The number of hydrogen-bond acceptors (Lipinski definition) is 6. The van der Waals surface area contributed by atoms with Crippen molar-refractivity contribution in [3.05, 3.63) is 144 Å². The summed E-state index contributed by atoms with van der Waals surface area (Å²) in [7, 11) is 0. The molecule has 0 radical (unpaired) electrons. The Morgan fingerprint density at radius 3 is 2.07 bits per heavy atom. The van der Waals surface area contributed by atoms with Crippen LogP contribution < -0.4 is 0 Å². The highest BCUT2D eigenvalue weighted by molar-refractivity contribution is 7.25. The predicted octanol–water partition coefficient (Wildman–Crippen LogP) is 11.5. The van der Waals surface area contributed by atoms with E-state index in [2.05, 4.69) is 109 Å². The Balaban J connectivity index is 0.956. The quantitative estimate of drug-likeness (QED) is 0.181. The van der Waals surface area contributed by atoms with E-state index in [1.54, 1.807) is 0 Å². The number of thiophene rings is 1. The Kier molecular flexibility index (Phi) is 5.84. The molecule has 2 bridgehead atoms. The van der Waals surface area contributed by atoms with Crippen LogP contribution in [0.2, 0.25) is 0 Å². The molecule has 13 rings (SSSR count). The van der Waals surface area contributed by atoms with Gasteiger partial charge in [0.05, 0.1) is 0 Å². The van der Waals surface area contributed by atoms with Gasteiger partial charge >= 0.3 is 0 Å². The second-order valence-electron chi connectivity index (χ2n) is 16.6. The largest absolute Gasteiger partial charge is 0.245 e. The van der Waals surface area contributed by atoms with E-state index in [4.69, 9.17) is 19.9 Å². The van der Waals surface area contributed by atoms with Crippen molar-refractivity contribution in [3.63, 3.8) is 0 Å². The lowest BCUT2D eigenvalue weighted by atomic mass is 9.34. The van der Waals surface area contributed by atoms with E-state index >= 15 is 0 Å². The lowest BCUT2D eigenvalue weighted by molar-refractivity contribution is -0.193. The van der Waals surface area contributed by atoms with Gasteiger partial charge in [0.2, 0.25) is 0 Å². The van der Waals surface area contributed by atoms with E-state index < -0.39 is 0 Å². The number of pyridine rings is 1. The van der Waals surface area contributed by atoms with Crippen molar-refractivity contribution < 1.29 is 0 Å². The third-order valence-electron chi connectivity index (χ3n) is 14.6. The molecule has 4 fully saturated rings. The van der Waals surface area contributed by atoms with Crippen LogP contribution in [0, 0.1) is 40.4 Å². The van der Waals surface area contributed by atoms with Crippen LogP contribution in [-0.4, -0.2) is 19.9 Å². The molecule has 0 amide bonds. The molecule has 0 N–H and O–H groups in total. The van der Waals surface area contributed by atoms with Gasteiger partial charge in [0.15, 0.2) is 17.5 Å². The minimum Gasteiger partial charge on any atom is -0.245 e. The van der Waals surface area contributed by atoms with Crippen molar-refractivity contribution in [3.8, 4) is 62.5 Å². The van der Waals surface area contributed by atoms with E-state index in [0.29, 0.717) is 40.4 Å². The maximum absolute atomic E-state index is 9.96. The minimum atomic E-state index is -0.00362. The number of nitriles is 1. The molecule has 3 heterocycles. The molecule has 0 aliphatic heterocycles. The van der Waals surface area contributed by atoms with Gasteiger partial charge < -0.3 is 0 Å². The smallest absolute Gasteiger partial charge is 0.164 e. The van der Waals surface area contributed by atoms with Crippen LogP contribution in [0.15, 0.2) is 128 Å². The number of aromatic nitrogens is 4. The Bertz CT molecular complexity index is 3020. The van der Waals surface area contributed by atoms with Crippen molar-refractivity contribution in [1.82, 2.24) is 19.9 Å². The second kappa shape index (κ2) is 10.6. The zero-order valence-electron chi connectivity index (χ0n) is 29.9. The van der Waals surface area contributed by atoms with Gasteiger partial charge in [0, 0.05) is 48.5 Å². The Morgan fingerprint density at radius 2 is 1.24 bits per heavy atom. The molecule has 5 aliphatic rings. The normalized spacial score (nSPS) is 26.0. The summed E-state index contributed by atoms with van der Waals surface area (Å²) in [5.74, 6) is 5.06. The van der Waals surface area contributed by atoms with Gasteiger partial charge in [0.25, 0.3) is 0 Å². The molecule has 55 heavy (non-hydrogen) atoms. The number of benzene rings is 5. The second-order valence-corrected chi connectivity index (χ2v) is 17.7. The molecule has 6 unspecified atom stereocenters. The first kappa shape index (κ1) is 30.3. The topological polar surface area (TPSA) is 75.3 Å². The maximum atomic E-state index is 9.96. The summed E-state index contributed by atoms with van der Waals surface area (Å²) in [6.07, 6.45) is 7.49. The van der Waals surface area contributed by atoms with Gasteiger partial charge in [-0.25, -0.2) is 19.9 Å². The first-order valence-corrected chi connectivity index (χ1v) is 20.3. The lowest BCUT2D eigenvalue weighted by Crippen LogP contribution is -2.65. The summed E-state index contributed by atoms with van der Waals surface area (Å²) in [5, 5.41) is 12.6. The van der Waals surface area contributed by atoms with Crippen molar-refractivity contribution in [1.29, 1.82) is 5.26 Å². The summed E-state index contributed by atoms with van der Waals surface area (Å²) in [5.41, 5.74) is 11.3. The van der Waals surface area contributed by atoms with Gasteiger partial charge in [-0.3, -0.25) is 0 Å². The van der Waals surface area contributed by atoms with Crippen LogP contribution in [0.5, 0.6) is 0 Å². The molecule has 5 aliphatic carbocycles. The highest BCUT2D eigenvalue weighted by Crippen LogP contribution is 2.88. The standard InChI is InChI=1S/C49H33N5S/c50-25-35-23-39-38-18-31(14-16-40(38)49(41(39)26-51-35)34-21-32-20-33-22-44(49)48(32,33)24-34)47-53-45(27-7-2-1-3-8-27)52-46(54-47)30-10-6-9-28(17-30)29-13-15-37-36-11-4-5-12-42(36)55-43(37)19-29/h1-19,23,26,32-34,44H,20-22,24H2. The molecular formula is C49H33N5S. The lowest BCUT2D eigenvalue weighted by Gasteiger charge is -2.70. The predicted molar refractivity (Wildman–Crippen MR) is 218 cm³/mol. The van der Waals surface area contributed by atoms with Crippen molar-refractivity contribution in [2.45, 2.75) is 31.1 Å². The van der Waals surface area contributed by atoms with Crippen LogP contribution >= 0.6 is 11.3 Å². The van der Waals surface area contributed by atoms with E-state index in [9.17, 15) is 5.26 Å². The molecule has 5 aromatic carbocycles. The molecule has 3 aromatic heterocycles. The highest BCUT2D eigenvalue weighted by Gasteiger charge is 2.82. The van der Waals surface area contributed by atoms with E-state index in [1.807, 2.05) is 35.6 Å². The van der Waals surface area contributed by atoms with Crippen LogP contribution in [0.25, 0.3) is 76.6 Å². The molecule has 8 aromatic rings. The van der Waals surface area contributed by atoms with Crippen LogP contribution in [0.3, 0.4) is 0 Å². The van der Waals surface area contributed by atoms with Gasteiger partial charge in [0.1, 0.15) is 11.8 Å². The maximum Gasteiger partial charge on any atom is 0.164 e. The van der Waals surface area contributed by atoms with Crippen LogP contribution in [0.1, 0.15) is 42.5 Å². The fraction of sp³-hybridized carbons (Fsp3) is 0.204. The third kappa shape index (κ3) is 3.82. The summed E-state index contributed by atoms with van der Waals surface area (Å²) < 4.78 is 2.59. The first-order valence-electron chi connectivity index (χ1n) is 19.5. The van der Waals surface area contributed by atoms with Crippen molar-refractivity contribution >= 4 is 31.5 Å². The molecule has 5 nitrogen and oxygen atoms in total. The molecular weight excluding hydrogens is 691 g/mol. The Morgan fingerprint density at radius 1 is 0.564 bits per heavy atom. The molecule has 6 atom stereocenters. The Labute approximate surface area is 322 Å². The van der Waals surface area contributed by atoms with E-state index in [1.165, 1.54) is 73.7 Å². The summed E-state index contributed by atoms with van der Waals surface area (Å²) in [6, 6.07) is 45.5. The monoisotopic (exact) mass is 723 g/mol. The zero-order valence-corrected chi connectivity index (χ0v) is 30.7. The number of nitrogens with zero attached hydrogens (tertiary/aromatic N) is 5. The van der Waals surface area contributed by atoms with Gasteiger partial charge in [-0.1, -0.05) is 91.0 Å². The molecule has 4 saturated carbocycles. The molecule has 260 valence electrons. The molecule has 0 saturated heterocycles. The van der Waals surface area contributed by atoms with Gasteiger partial charge in [-0.05, 0) is 118 Å². The van der Waals surface area contributed by atoms with Gasteiger partial charge in [-0.2, -0.15) is 5.26 Å². The third-order valence-corrected chi connectivity index (χ3v) is 15.7. The summed E-state index contributed by atoms with van der Waals surface area (Å²) >= 11 is 1.84. The fourth-order valence-electron chi connectivity index (χ4n) is 12.5. The molecule has 2 spiro atoms. The Hall–Kier alpha value is -6.03. The number of rotatable bonds is 4.